The Morgan fingerprint density at radius 1 is 1.38 bits per heavy atom. The van der Waals surface area contributed by atoms with Crippen molar-refractivity contribution < 1.29 is 19.6 Å². The number of hydrogen-bond acceptors (Lipinski definition) is 5. The molecule has 0 fully saturated rings. The molecule has 0 bridgehead atoms. The minimum absolute atomic E-state index is 0.0488. The molecule has 0 unspecified atom stereocenters. The van der Waals surface area contributed by atoms with E-state index in [-0.39, 0.29) is 33.6 Å². The molecule has 0 saturated heterocycles. The standard InChI is InChI=1S/C13H9ClN2O5/c1-7-10(16(19)20)3-5-12(15-7)21-11-4-2-8(14)6-9(11)13(17)18/h2-6H,1H3,(H,17,18). The average Bonchev–Trinajstić information content (AvgIpc) is 2.40. The zero-order valence-corrected chi connectivity index (χ0v) is 11.5. The van der Waals surface area contributed by atoms with Crippen LogP contribution in [0.4, 0.5) is 5.69 Å². The molecular formula is C13H9ClN2O5. The minimum atomic E-state index is -1.20. The highest BCUT2D eigenvalue weighted by atomic mass is 35.5. The van der Waals surface area contributed by atoms with Gasteiger partial charge >= 0.3 is 5.97 Å². The van der Waals surface area contributed by atoms with Gasteiger partial charge in [0.15, 0.2) is 0 Å². The summed E-state index contributed by atoms with van der Waals surface area (Å²) < 4.78 is 5.37. The van der Waals surface area contributed by atoms with Crippen molar-refractivity contribution in [3.63, 3.8) is 0 Å². The van der Waals surface area contributed by atoms with Crippen LogP contribution in [0.1, 0.15) is 16.1 Å². The fourth-order valence-electron chi connectivity index (χ4n) is 1.65. The molecule has 0 aliphatic heterocycles. The monoisotopic (exact) mass is 308 g/mol. The molecule has 108 valence electrons. The van der Waals surface area contributed by atoms with Crippen LogP contribution in [0.2, 0.25) is 5.02 Å². The van der Waals surface area contributed by atoms with Crippen molar-refractivity contribution in [3.8, 4) is 11.6 Å². The topological polar surface area (TPSA) is 103 Å². The lowest BCUT2D eigenvalue weighted by Crippen LogP contribution is -2.01. The van der Waals surface area contributed by atoms with Gasteiger partial charge in [-0.15, -0.1) is 0 Å². The Labute approximate surface area is 123 Å². The first-order chi connectivity index (χ1) is 9.88. The molecule has 1 aromatic carbocycles. The second-order valence-corrected chi connectivity index (χ2v) is 4.50. The van der Waals surface area contributed by atoms with E-state index in [0.29, 0.717) is 0 Å². The van der Waals surface area contributed by atoms with Gasteiger partial charge in [-0.05, 0) is 25.1 Å². The van der Waals surface area contributed by atoms with Crippen LogP contribution in [0.3, 0.4) is 0 Å². The van der Waals surface area contributed by atoms with E-state index >= 15 is 0 Å². The third kappa shape index (κ3) is 3.26. The van der Waals surface area contributed by atoms with E-state index in [0.717, 1.165) is 0 Å². The third-order valence-corrected chi connectivity index (χ3v) is 2.85. The van der Waals surface area contributed by atoms with Crippen LogP contribution in [0, 0.1) is 17.0 Å². The van der Waals surface area contributed by atoms with Crippen LogP contribution in [-0.2, 0) is 0 Å². The number of aromatic nitrogens is 1. The predicted molar refractivity (Wildman–Crippen MR) is 74.1 cm³/mol. The zero-order valence-electron chi connectivity index (χ0n) is 10.7. The lowest BCUT2D eigenvalue weighted by Gasteiger charge is -2.08. The van der Waals surface area contributed by atoms with Crippen LogP contribution in [0.25, 0.3) is 0 Å². The maximum Gasteiger partial charge on any atom is 0.339 e. The molecule has 7 nitrogen and oxygen atoms in total. The van der Waals surface area contributed by atoms with E-state index < -0.39 is 10.9 Å². The maximum atomic E-state index is 11.1. The molecule has 0 spiro atoms. The Balaban J connectivity index is 2.37. The lowest BCUT2D eigenvalue weighted by atomic mass is 10.2. The highest BCUT2D eigenvalue weighted by Gasteiger charge is 2.16. The number of hydrogen-bond donors (Lipinski definition) is 1. The Hall–Kier alpha value is -2.67. The molecule has 1 heterocycles. The van der Waals surface area contributed by atoms with Gasteiger partial charge < -0.3 is 9.84 Å². The molecule has 0 aliphatic carbocycles. The highest BCUT2D eigenvalue weighted by molar-refractivity contribution is 6.31. The van der Waals surface area contributed by atoms with Gasteiger partial charge in [0.2, 0.25) is 5.88 Å². The van der Waals surface area contributed by atoms with Gasteiger partial charge in [0.1, 0.15) is 17.0 Å². The number of pyridine rings is 1. The summed E-state index contributed by atoms with van der Waals surface area (Å²) in [6.45, 7) is 1.46. The van der Waals surface area contributed by atoms with E-state index in [9.17, 15) is 14.9 Å². The highest BCUT2D eigenvalue weighted by Crippen LogP contribution is 2.28. The average molecular weight is 309 g/mol. The molecular weight excluding hydrogens is 300 g/mol. The van der Waals surface area contributed by atoms with E-state index in [2.05, 4.69) is 4.98 Å². The second kappa shape index (κ2) is 5.76. The van der Waals surface area contributed by atoms with Crippen molar-refractivity contribution in [2.75, 3.05) is 0 Å². The molecule has 2 rings (SSSR count). The molecule has 0 radical (unpaired) electrons. The van der Waals surface area contributed by atoms with Crippen molar-refractivity contribution in [3.05, 3.63) is 56.7 Å². The Bertz CT molecular complexity index is 732. The number of carboxylic acid groups (broad SMARTS) is 1. The van der Waals surface area contributed by atoms with Crippen LogP contribution in [0.5, 0.6) is 11.6 Å². The SMILES string of the molecule is Cc1nc(Oc2ccc(Cl)cc2C(=O)O)ccc1[N+](=O)[O-]. The molecule has 8 heteroatoms. The van der Waals surface area contributed by atoms with Crippen LogP contribution in [0.15, 0.2) is 30.3 Å². The molecule has 0 atom stereocenters. The molecule has 0 aliphatic rings. The van der Waals surface area contributed by atoms with Gasteiger partial charge in [-0.2, -0.15) is 0 Å². The van der Waals surface area contributed by atoms with Gasteiger partial charge in [0, 0.05) is 17.2 Å². The number of aryl methyl sites for hydroxylation is 1. The molecule has 1 N–H and O–H groups in total. The van der Waals surface area contributed by atoms with Gasteiger partial charge in [0.05, 0.1) is 4.92 Å². The zero-order chi connectivity index (χ0) is 15.6. The number of carboxylic acids is 1. The quantitative estimate of drug-likeness (QED) is 0.685. The first-order valence-electron chi connectivity index (χ1n) is 5.71. The van der Waals surface area contributed by atoms with Crippen molar-refractivity contribution in [2.24, 2.45) is 0 Å². The largest absolute Gasteiger partial charge is 0.478 e. The molecule has 0 saturated carbocycles. The van der Waals surface area contributed by atoms with E-state index in [1.165, 1.54) is 37.3 Å². The van der Waals surface area contributed by atoms with Gasteiger partial charge in [0.25, 0.3) is 5.69 Å². The third-order valence-electron chi connectivity index (χ3n) is 2.62. The van der Waals surface area contributed by atoms with Crippen molar-refractivity contribution >= 4 is 23.3 Å². The smallest absolute Gasteiger partial charge is 0.339 e. The number of rotatable bonds is 4. The summed E-state index contributed by atoms with van der Waals surface area (Å²) in [5.41, 5.74) is -0.0967. The molecule has 2 aromatic rings. The van der Waals surface area contributed by atoms with Gasteiger partial charge in [-0.3, -0.25) is 10.1 Å². The first-order valence-corrected chi connectivity index (χ1v) is 6.09. The number of aromatic carboxylic acids is 1. The lowest BCUT2D eigenvalue weighted by molar-refractivity contribution is -0.385. The maximum absolute atomic E-state index is 11.1. The van der Waals surface area contributed by atoms with Gasteiger partial charge in [-0.1, -0.05) is 11.6 Å². The number of nitrogens with zero attached hydrogens (tertiary/aromatic N) is 2. The van der Waals surface area contributed by atoms with Gasteiger partial charge in [-0.25, -0.2) is 9.78 Å². The van der Waals surface area contributed by atoms with Crippen molar-refractivity contribution in [2.45, 2.75) is 6.92 Å². The Morgan fingerprint density at radius 3 is 2.67 bits per heavy atom. The van der Waals surface area contributed by atoms with Crippen LogP contribution >= 0.6 is 11.6 Å². The van der Waals surface area contributed by atoms with E-state index in [1.807, 2.05) is 0 Å². The fraction of sp³-hybridized carbons (Fsp3) is 0.0769. The summed E-state index contributed by atoms with van der Waals surface area (Å²) in [5, 5.41) is 20.1. The number of nitro groups is 1. The summed E-state index contributed by atoms with van der Waals surface area (Å²) in [6.07, 6.45) is 0. The number of halogens is 1. The van der Waals surface area contributed by atoms with Crippen molar-refractivity contribution in [1.82, 2.24) is 4.98 Å². The van der Waals surface area contributed by atoms with Crippen LogP contribution < -0.4 is 4.74 Å². The summed E-state index contributed by atoms with van der Waals surface area (Å²) in [5.74, 6) is -1.10. The fourth-order valence-corrected chi connectivity index (χ4v) is 1.82. The minimum Gasteiger partial charge on any atom is -0.478 e. The van der Waals surface area contributed by atoms with E-state index in [4.69, 9.17) is 21.4 Å². The summed E-state index contributed by atoms with van der Waals surface area (Å²) in [4.78, 5) is 25.2. The predicted octanol–water partition coefficient (Wildman–Crippen LogP) is 3.44. The van der Waals surface area contributed by atoms with E-state index in [1.54, 1.807) is 0 Å². The Morgan fingerprint density at radius 2 is 2.10 bits per heavy atom. The Kier molecular flexibility index (Phi) is 4.04. The normalized spacial score (nSPS) is 10.2. The number of carbonyl (C=O) groups is 1. The summed E-state index contributed by atoms with van der Waals surface area (Å²) in [7, 11) is 0. The summed E-state index contributed by atoms with van der Waals surface area (Å²) in [6, 6.07) is 6.66. The number of benzene rings is 1. The van der Waals surface area contributed by atoms with Crippen LogP contribution in [-0.4, -0.2) is 21.0 Å². The molecule has 0 amide bonds. The van der Waals surface area contributed by atoms with Crippen molar-refractivity contribution in [1.29, 1.82) is 0 Å². The number of ether oxygens (including phenoxy) is 1. The molecule has 1 aromatic heterocycles. The molecule has 21 heavy (non-hydrogen) atoms. The first kappa shape index (κ1) is 14.7. The summed E-state index contributed by atoms with van der Waals surface area (Å²) >= 11 is 5.74. The second-order valence-electron chi connectivity index (χ2n) is 4.06.